The third-order valence-corrected chi connectivity index (χ3v) is 4.49. The minimum Gasteiger partial charge on any atom is -0.488 e. The second-order valence-corrected chi connectivity index (χ2v) is 6.70. The smallest absolute Gasteiger partial charge is 0.123 e. The predicted octanol–water partition coefficient (Wildman–Crippen LogP) is 3.33. The number of hydrogen-bond acceptors (Lipinski definition) is 2. The molecule has 19 heavy (non-hydrogen) atoms. The zero-order chi connectivity index (χ0) is 13.3. The van der Waals surface area contributed by atoms with Gasteiger partial charge >= 0.3 is 0 Å². The maximum Gasteiger partial charge on any atom is 0.123 e. The Labute approximate surface area is 116 Å². The van der Waals surface area contributed by atoms with E-state index in [0.717, 1.165) is 24.5 Å². The largest absolute Gasteiger partial charge is 0.488 e. The summed E-state index contributed by atoms with van der Waals surface area (Å²) in [7, 11) is 0. The van der Waals surface area contributed by atoms with Gasteiger partial charge in [-0.1, -0.05) is 12.1 Å². The molecule has 1 saturated heterocycles. The fourth-order valence-corrected chi connectivity index (χ4v) is 3.26. The van der Waals surface area contributed by atoms with Crippen LogP contribution in [0.4, 0.5) is 0 Å². The maximum atomic E-state index is 6.05. The summed E-state index contributed by atoms with van der Waals surface area (Å²) in [4.78, 5) is 0. The van der Waals surface area contributed by atoms with E-state index in [-0.39, 0.29) is 5.60 Å². The summed E-state index contributed by atoms with van der Waals surface area (Å²) in [6.07, 6.45) is 6.15. The normalized spacial score (nSPS) is 22.6. The number of nitrogens with one attached hydrogen (secondary N) is 1. The summed E-state index contributed by atoms with van der Waals surface area (Å²) in [5.74, 6) is 1.96. The van der Waals surface area contributed by atoms with Gasteiger partial charge < -0.3 is 10.1 Å². The third kappa shape index (κ3) is 3.11. The molecular formula is C17H25NO. The molecule has 0 aromatic heterocycles. The molecule has 1 N–H and O–H groups in total. The molecule has 0 aliphatic carbocycles. The van der Waals surface area contributed by atoms with Gasteiger partial charge in [0.15, 0.2) is 0 Å². The van der Waals surface area contributed by atoms with E-state index < -0.39 is 0 Å². The van der Waals surface area contributed by atoms with E-state index in [4.69, 9.17) is 4.74 Å². The van der Waals surface area contributed by atoms with Gasteiger partial charge in [-0.3, -0.25) is 0 Å². The van der Waals surface area contributed by atoms with Crippen LogP contribution in [0.1, 0.15) is 44.2 Å². The lowest BCUT2D eigenvalue weighted by molar-refractivity contribution is 0.0846. The highest BCUT2D eigenvalue weighted by Gasteiger charge is 2.26. The maximum absolute atomic E-state index is 6.05. The summed E-state index contributed by atoms with van der Waals surface area (Å²) in [5, 5.41) is 3.44. The molecule has 2 heteroatoms. The number of piperidine rings is 1. The lowest BCUT2D eigenvalue weighted by atomic mass is 9.88. The van der Waals surface area contributed by atoms with Crippen LogP contribution in [0.3, 0.4) is 0 Å². The molecule has 2 nitrogen and oxygen atoms in total. The van der Waals surface area contributed by atoms with Crippen molar-refractivity contribution in [2.75, 3.05) is 13.1 Å². The van der Waals surface area contributed by atoms with Crippen LogP contribution < -0.4 is 10.1 Å². The zero-order valence-corrected chi connectivity index (χ0v) is 12.2. The molecule has 0 bridgehead atoms. The molecule has 0 unspecified atom stereocenters. The number of hydrogen-bond donors (Lipinski definition) is 1. The van der Waals surface area contributed by atoms with Crippen LogP contribution in [0.25, 0.3) is 0 Å². The molecule has 2 aliphatic heterocycles. The van der Waals surface area contributed by atoms with Crippen molar-refractivity contribution in [2.24, 2.45) is 5.92 Å². The van der Waals surface area contributed by atoms with Crippen molar-refractivity contribution >= 4 is 0 Å². The average molecular weight is 259 g/mol. The van der Waals surface area contributed by atoms with E-state index in [2.05, 4.69) is 37.4 Å². The van der Waals surface area contributed by atoms with Crippen molar-refractivity contribution in [3.63, 3.8) is 0 Å². The van der Waals surface area contributed by atoms with Gasteiger partial charge in [0, 0.05) is 0 Å². The van der Waals surface area contributed by atoms with E-state index in [0.29, 0.717) is 0 Å². The Bertz CT molecular complexity index is 447. The molecule has 1 aromatic rings. The van der Waals surface area contributed by atoms with E-state index in [9.17, 15) is 0 Å². The van der Waals surface area contributed by atoms with Crippen LogP contribution in [0.2, 0.25) is 0 Å². The molecule has 0 amide bonds. The Morgan fingerprint density at radius 3 is 2.84 bits per heavy atom. The number of aryl methyl sites for hydroxylation is 1. The first kappa shape index (κ1) is 13.0. The molecule has 2 heterocycles. The monoisotopic (exact) mass is 259 g/mol. The standard InChI is InChI=1S/C17H25NO/c1-17(2)8-5-15-12-14(3-4-16(15)19-17)11-13-6-9-18-10-7-13/h3-4,12-13,18H,5-11H2,1-2H3. The highest BCUT2D eigenvalue weighted by molar-refractivity contribution is 5.39. The minimum atomic E-state index is 0.00353. The van der Waals surface area contributed by atoms with Crippen molar-refractivity contribution in [3.05, 3.63) is 29.3 Å². The molecule has 2 aliphatic rings. The van der Waals surface area contributed by atoms with Gasteiger partial charge in [0.05, 0.1) is 0 Å². The van der Waals surface area contributed by atoms with Crippen molar-refractivity contribution < 1.29 is 4.74 Å². The van der Waals surface area contributed by atoms with Crippen LogP contribution >= 0.6 is 0 Å². The summed E-state index contributed by atoms with van der Waals surface area (Å²) >= 11 is 0. The van der Waals surface area contributed by atoms with Gasteiger partial charge in [0.25, 0.3) is 0 Å². The second kappa shape index (κ2) is 5.16. The zero-order valence-electron chi connectivity index (χ0n) is 12.2. The first-order valence-corrected chi connectivity index (χ1v) is 7.64. The number of rotatable bonds is 2. The van der Waals surface area contributed by atoms with Crippen LogP contribution in [0.5, 0.6) is 5.75 Å². The Balaban J connectivity index is 1.71. The Kier molecular flexibility index (Phi) is 3.53. The Morgan fingerprint density at radius 2 is 2.05 bits per heavy atom. The van der Waals surface area contributed by atoms with Crippen molar-refractivity contribution in [1.82, 2.24) is 5.32 Å². The predicted molar refractivity (Wildman–Crippen MR) is 78.8 cm³/mol. The molecule has 0 radical (unpaired) electrons. The summed E-state index contributed by atoms with van der Waals surface area (Å²) < 4.78 is 6.05. The molecule has 0 atom stereocenters. The van der Waals surface area contributed by atoms with Gasteiger partial charge in [0.2, 0.25) is 0 Å². The first-order chi connectivity index (χ1) is 9.12. The highest BCUT2D eigenvalue weighted by Crippen LogP contribution is 2.34. The van der Waals surface area contributed by atoms with Crippen LogP contribution in [0.15, 0.2) is 18.2 Å². The fourth-order valence-electron chi connectivity index (χ4n) is 3.26. The fraction of sp³-hybridized carbons (Fsp3) is 0.647. The van der Waals surface area contributed by atoms with Crippen molar-refractivity contribution in [3.8, 4) is 5.75 Å². The molecule has 0 saturated carbocycles. The van der Waals surface area contributed by atoms with E-state index in [1.807, 2.05) is 0 Å². The molecule has 104 valence electrons. The van der Waals surface area contributed by atoms with E-state index in [1.165, 1.54) is 43.5 Å². The van der Waals surface area contributed by atoms with Crippen LogP contribution in [0, 0.1) is 5.92 Å². The third-order valence-electron chi connectivity index (χ3n) is 4.49. The van der Waals surface area contributed by atoms with Gasteiger partial charge in [0.1, 0.15) is 11.4 Å². The van der Waals surface area contributed by atoms with Crippen molar-refractivity contribution in [2.45, 2.75) is 51.6 Å². The lowest BCUT2D eigenvalue weighted by Crippen LogP contribution is -2.32. The van der Waals surface area contributed by atoms with Crippen LogP contribution in [-0.2, 0) is 12.8 Å². The highest BCUT2D eigenvalue weighted by atomic mass is 16.5. The molecule has 0 spiro atoms. The summed E-state index contributed by atoms with van der Waals surface area (Å²) in [6, 6.07) is 6.83. The molecule has 3 rings (SSSR count). The number of ether oxygens (including phenoxy) is 1. The van der Waals surface area contributed by atoms with Gasteiger partial charge in [-0.25, -0.2) is 0 Å². The molecule has 1 fully saturated rings. The van der Waals surface area contributed by atoms with Crippen LogP contribution in [-0.4, -0.2) is 18.7 Å². The Morgan fingerprint density at radius 1 is 1.26 bits per heavy atom. The lowest BCUT2D eigenvalue weighted by Gasteiger charge is -2.33. The summed E-state index contributed by atoms with van der Waals surface area (Å²) in [5.41, 5.74) is 2.91. The van der Waals surface area contributed by atoms with E-state index in [1.54, 1.807) is 0 Å². The number of fused-ring (bicyclic) bond motifs is 1. The topological polar surface area (TPSA) is 21.3 Å². The van der Waals surface area contributed by atoms with Gasteiger partial charge in [-0.15, -0.1) is 0 Å². The van der Waals surface area contributed by atoms with Gasteiger partial charge in [-0.05, 0) is 82.2 Å². The quantitative estimate of drug-likeness (QED) is 0.879. The SMILES string of the molecule is CC1(C)CCc2cc(CC3CCNCC3)ccc2O1. The van der Waals surface area contributed by atoms with E-state index >= 15 is 0 Å². The first-order valence-electron chi connectivity index (χ1n) is 7.64. The van der Waals surface area contributed by atoms with Gasteiger partial charge in [-0.2, -0.15) is 0 Å². The average Bonchev–Trinajstić information content (AvgIpc) is 2.39. The Hall–Kier alpha value is -1.02. The summed E-state index contributed by atoms with van der Waals surface area (Å²) in [6.45, 7) is 6.73. The van der Waals surface area contributed by atoms with Crippen molar-refractivity contribution in [1.29, 1.82) is 0 Å². The number of benzene rings is 1. The minimum absolute atomic E-state index is 0.00353. The molecular weight excluding hydrogens is 234 g/mol. The second-order valence-electron chi connectivity index (χ2n) is 6.70. The molecule has 1 aromatic carbocycles.